The SMILES string of the molecule is CS(=O)(=O)C1(C(=O)Nc2ccc(-n3cccn3)nc2)CCNCC1. The molecule has 2 N–H and O–H groups in total. The van der Waals surface area contributed by atoms with Crippen LogP contribution in [0, 0.1) is 0 Å². The van der Waals surface area contributed by atoms with Crippen molar-refractivity contribution in [2.24, 2.45) is 0 Å². The van der Waals surface area contributed by atoms with E-state index in [2.05, 4.69) is 20.7 Å². The maximum atomic E-state index is 12.7. The topological polar surface area (TPSA) is 106 Å². The van der Waals surface area contributed by atoms with Crippen molar-refractivity contribution in [2.75, 3.05) is 24.7 Å². The van der Waals surface area contributed by atoms with E-state index in [4.69, 9.17) is 0 Å². The summed E-state index contributed by atoms with van der Waals surface area (Å²) in [7, 11) is -3.54. The molecule has 2 aromatic heterocycles. The maximum absolute atomic E-state index is 12.7. The van der Waals surface area contributed by atoms with Gasteiger partial charge in [0, 0.05) is 18.6 Å². The summed E-state index contributed by atoms with van der Waals surface area (Å²) >= 11 is 0. The summed E-state index contributed by atoms with van der Waals surface area (Å²) in [5.74, 6) is 0.109. The average Bonchev–Trinajstić information content (AvgIpc) is 3.09. The minimum atomic E-state index is -3.54. The lowest BCUT2D eigenvalue weighted by Gasteiger charge is -2.34. The molecule has 3 heterocycles. The second kappa shape index (κ2) is 6.33. The highest BCUT2D eigenvalue weighted by atomic mass is 32.2. The van der Waals surface area contributed by atoms with Gasteiger partial charge in [0.2, 0.25) is 5.91 Å². The third kappa shape index (κ3) is 3.04. The van der Waals surface area contributed by atoms with Crippen molar-refractivity contribution >= 4 is 21.4 Å². The number of nitrogens with one attached hydrogen (secondary N) is 2. The van der Waals surface area contributed by atoms with Crippen LogP contribution in [-0.4, -0.2) is 53.2 Å². The lowest BCUT2D eigenvalue weighted by Crippen LogP contribution is -2.55. The number of carbonyl (C=O) groups excluding carboxylic acids is 1. The van der Waals surface area contributed by atoms with E-state index in [0.717, 1.165) is 6.26 Å². The molecule has 1 amide bonds. The molecule has 24 heavy (non-hydrogen) atoms. The molecule has 0 saturated carbocycles. The summed E-state index contributed by atoms with van der Waals surface area (Å²) in [5.41, 5.74) is 0.456. The summed E-state index contributed by atoms with van der Waals surface area (Å²) < 4.78 is 24.7. The monoisotopic (exact) mass is 349 g/mol. The van der Waals surface area contributed by atoms with Crippen LogP contribution in [0.3, 0.4) is 0 Å². The van der Waals surface area contributed by atoms with Gasteiger partial charge in [-0.3, -0.25) is 4.79 Å². The molecule has 128 valence electrons. The van der Waals surface area contributed by atoms with Gasteiger partial charge >= 0.3 is 0 Å². The van der Waals surface area contributed by atoms with E-state index in [1.165, 1.54) is 6.20 Å². The van der Waals surface area contributed by atoms with Crippen molar-refractivity contribution in [1.29, 1.82) is 0 Å². The Kier molecular flexibility index (Phi) is 4.37. The number of carbonyl (C=O) groups is 1. The molecule has 8 nitrogen and oxygen atoms in total. The van der Waals surface area contributed by atoms with Crippen LogP contribution in [-0.2, 0) is 14.6 Å². The van der Waals surface area contributed by atoms with Crippen LogP contribution in [0.1, 0.15) is 12.8 Å². The number of anilines is 1. The summed E-state index contributed by atoms with van der Waals surface area (Å²) in [5, 5.41) is 9.85. The first kappa shape index (κ1) is 16.6. The summed E-state index contributed by atoms with van der Waals surface area (Å²) in [4.78, 5) is 16.9. The number of sulfone groups is 1. The second-order valence-electron chi connectivity index (χ2n) is 5.83. The molecule has 9 heteroatoms. The van der Waals surface area contributed by atoms with Crippen LogP contribution in [0.15, 0.2) is 36.8 Å². The Labute approximate surface area is 140 Å². The highest BCUT2D eigenvalue weighted by Gasteiger charge is 2.48. The first-order valence-electron chi connectivity index (χ1n) is 7.60. The zero-order valence-electron chi connectivity index (χ0n) is 13.3. The normalized spacial score (nSPS) is 17.4. The molecule has 0 radical (unpaired) electrons. The van der Waals surface area contributed by atoms with Crippen LogP contribution in [0.2, 0.25) is 0 Å². The van der Waals surface area contributed by atoms with E-state index >= 15 is 0 Å². The van der Waals surface area contributed by atoms with Gasteiger partial charge in [-0.1, -0.05) is 0 Å². The first-order chi connectivity index (χ1) is 11.4. The molecular formula is C15H19N5O3S. The van der Waals surface area contributed by atoms with E-state index in [1.807, 2.05) is 0 Å². The molecule has 0 atom stereocenters. The van der Waals surface area contributed by atoms with Crippen LogP contribution >= 0.6 is 0 Å². The Morgan fingerprint density at radius 1 is 1.33 bits per heavy atom. The van der Waals surface area contributed by atoms with Gasteiger partial charge in [-0.25, -0.2) is 18.1 Å². The van der Waals surface area contributed by atoms with Gasteiger partial charge in [-0.15, -0.1) is 0 Å². The molecule has 1 saturated heterocycles. The predicted octanol–water partition coefficient (Wildman–Crippen LogP) is 0.373. The molecule has 1 aliphatic rings. The van der Waals surface area contributed by atoms with Crippen molar-refractivity contribution in [3.8, 4) is 5.82 Å². The van der Waals surface area contributed by atoms with Crippen molar-refractivity contribution in [2.45, 2.75) is 17.6 Å². The first-order valence-corrected chi connectivity index (χ1v) is 9.49. The minimum Gasteiger partial charge on any atom is -0.323 e. The second-order valence-corrected chi connectivity index (χ2v) is 8.15. The fourth-order valence-corrected chi connectivity index (χ4v) is 4.18. The van der Waals surface area contributed by atoms with Crippen LogP contribution in [0.5, 0.6) is 0 Å². The largest absolute Gasteiger partial charge is 0.323 e. The van der Waals surface area contributed by atoms with Gasteiger partial charge < -0.3 is 10.6 Å². The highest BCUT2D eigenvalue weighted by molar-refractivity contribution is 7.92. The van der Waals surface area contributed by atoms with E-state index in [0.29, 0.717) is 24.6 Å². The number of pyridine rings is 1. The quantitative estimate of drug-likeness (QED) is 0.826. The Morgan fingerprint density at radius 3 is 2.62 bits per heavy atom. The van der Waals surface area contributed by atoms with Crippen molar-refractivity contribution in [3.63, 3.8) is 0 Å². The van der Waals surface area contributed by atoms with Gasteiger partial charge in [-0.2, -0.15) is 5.10 Å². The van der Waals surface area contributed by atoms with Gasteiger partial charge in [0.1, 0.15) is 0 Å². The number of hydrogen-bond acceptors (Lipinski definition) is 6. The Balaban J connectivity index is 1.80. The number of rotatable bonds is 4. The number of aromatic nitrogens is 3. The van der Waals surface area contributed by atoms with Crippen molar-refractivity contribution in [1.82, 2.24) is 20.1 Å². The summed E-state index contributed by atoms with van der Waals surface area (Å²) in [6, 6.07) is 5.17. The van der Waals surface area contributed by atoms with E-state index < -0.39 is 20.5 Å². The fraction of sp³-hybridized carbons (Fsp3) is 0.400. The van der Waals surface area contributed by atoms with Gasteiger partial charge in [0.05, 0.1) is 11.9 Å². The number of piperidine rings is 1. The lowest BCUT2D eigenvalue weighted by molar-refractivity contribution is -0.119. The standard InChI is InChI=1S/C15H19N5O3S/c1-24(22,23)15(5-8-16-9-6-15)14(21)19-12-3-4-13(17-11-12)20-10-2-7-18-20/h2-4,7,10-11,16H,5-6,8-9H2,1H3,(H,19,21). The minimum absolute atomic E-state index is 0.260. The molecule has 1 fully saturated rings. The molecular weight excluding hydrogens is 330 g/mol. The number of hydrogen-bond donors (Lipinski definition) is 2. The predicted molar refractivity (Wildman–Crippen MR) is 89.7 cm³/mol. The smallest absolute Gasteiger partial charge is 0.245 e. The molecule has 0 aliphatic carbocycles. The molecule has 2 aromatic rings. The van der Waals surface area contributed by atoms with Crippen molar-refractivity contribution in [3.05, 3.63) is 36.8 Å². The molecule has 3 rings (SSSR count). The molecule has 1 aliphatic heterocycles. The van der Waals surface area contributed by atoms with Gasteiger partial charge in [-0.05, 0) is 44.1 Å². The third-order valence-corrected chi connectivity index (χ3v) is 6.29. The van der Waals surface area contributed by atoms with Gasteiger partial charge in [0.25, 0.3) is 0 Å². The molecule has 0 spiro atoms. The van der Waals surface area contributed by atoms with E-state index in [1.54, 1.807) is 35.3 Å². The fourth-order valence-electron chi connectivity index (χ4n) is 2.84. The van der Waals surface area contributed by atoms with Crippen LogP contribution in [0.25, 0.3) is 5.82 Å². The molecule has 0 aromatic carbocycles. The summed E-state index contributed by atoms with van der Waals surface area (Å²) in [6.07, 6.45) is 6.54. The molecule has 0 unspecified atom stereocenters. The van der Waals surface area contributed by atoms with Gasteiger partial charge in [0.15, 0.2) is 20.4 Å². The Hall–Kier alpha value is -2.26. The Morgan fingerprint density at radius 2 is 2.08 bits per heavy atom. The van der Waals surface area contributed by atoms with E-state index in [9.17, 15) is 13.2 Å². The number of amides is 1. The number of nitrogens with zero attached hydrogens (tertiary/aromatic N) is 3. The van der Waals surface area contributed by atoms with Crippen LogP contribution < -0.4 is 10.6 Å². The third-order valence-electron chi connectivity index (χ3n) is 4.28. The Bertz CT molecular complexity index is 809. The average molecular weight is 349 g/mol. The van der Waals surface area contributed by atoms with Crippen LogP contribution in [0.4, 0.5) is 5.69 Å². The maximum Gasteiger partial charge on any atom is 0.245 e. The van der Waals surface area contributed by atoms with Crippen molar-refractivity contribution < 1.29 is 13.2 Å². The zero-order chi connectivity index (χ0) is 17.2. The zero-order valence-corrected chi connectivity index (χ0v) is 14.1. The van der Waals surface area contributed by atoms with E-state index in [-0.39, 0.29) is 12.8 Å². The summed E-state index contributed by atoms with van der Waals surface area (Å²) in [6.45, 7) is 0.994. The highest BCUT2D eigenvalue weighted by Crippen LogP contribution is 2.29. The lowest BCUT2D eigenvalue weighted by atomic mass is 9.96. The molecule has 0 bridgehead atoms.